The van der Waals surface area contributed by atoms with E-state index in [4.69, 9.17) is 4.74 Å². The Hall–Kier alpha value is -0.810. The number of ether oxygens (including phenoxy) is 1. The van der Waals surface area contributed by atoms with Gasteiger partial charge >= 0.3 is 0 Å². The van der Waals surface area contributed by atoms with E-state index in [2.05, 4.69) is 43.0 Å². The van der Waals surface area contributed by atoms with Crippen LogP contribution in [0.4, 0.5) is 5.82 Å². The molecule has 1 aromatic rings. The first kappa shape index (κ1) is 16.2. The van der Waals surface area contributed by atoms with Gasteiger partial charge in [-0.1, -0.05) is 20.8 Å². The lowest BCUT2D eigenvalue weighted by Gasteiger charge is -2.14. The molecule has 1 heterocycles. The SMILES string of the molecule is CCCNc1nc(C(C)C)nc(SCCOC)c1C. The molecule has 0 bridgehead atoms. The summed E-state index contributed by atoms with van der Waals surface area (Å²) in [4.78, 5) is 9.30. The lowest BCUT2D eigenvalue weighted by Crippen LogP contribution is -2.10. The van der Waals surface area contributed by atoms with Gasteiger partial charge in [0, 0.05) is 30.9 Å². The Balaban J connectivity index is 2.95. The summed E-state index contributed by atoms with van der Waals surface area (Å²) in [5, 5.41) is 4.46. The molecule has 0 aliphatic heterocycles. The van der Waals surface area contributed by atoms with Crippen LogP contribution < -0.4 is 5.32 Å². The molecule has 0 amide bonds. The van der Waals surface area contributed by atoms with Crippen molar-refractivity contribution in [3.8, 4) is 0 Å². The van der Waals surface area contributed by atoms with E-state index in [-0.39, 0.29) is 0 Å². The van der Waals surface area contributed by atoms with Crippen molar-refractivity contribution in [3.63, 3.8) is 0 Å². The number of rotatable bonds is 8. The van der Waals surface area contributed by atoms with Crippen molar-refractivity contribution < 1.29 is 4.74 Å². The van der Waals surface area contributed by atoms with Crippen molar-refractivity contribution in [3.05, 3.63) is 11.4 Å². The minimum atomic E-state index is 0.338. The number of thioether (sulfide) groups is 1. The summed E-state index contributed by atoms with van der Waals surface area (Å²) in [7, 11) is 1.72. The summed E-state index contributed by atoms with van der Waals surface area (Å²) in [5.41, 5.74) is 1.14. The zero-order valence-corrected chi connectivity index (χ0v) is 13.4. The van der Waals surface area contributed by atoms with Gasteiger partial charge in [0.2, 0.25) is 0 Å². The normalized spacial score (nSPS) is 11.1. The largest absolute Gasteiger partial charge is 0.384 e. The highest BCUT2D eigenvalue weighted by atomic mass is 32.2. The third-order valence-electron chi connectivity index (χ3n) is 2.70. The van der Waals surface area contributed by atoms with Gasteiger partial charge in [0.1, 0.15) is 16.7 Å². The second-order valence-corrected chi connectivity index (χ2v) is 5.87. The first-order valence-electron chi connectivity index (χ1n) is 6.84. The van der Waals surface area contributed by atoms with E-state index < -0.39 is 0 Å². The highest BCUT2D eigenvalue weighted by Crippen LogP contribution is 2.27. The third kappa shape index (κ3) is 4.99. The van der Waals surface area contributed by atoms with Crippen LogP contribution >= 0.6 is 11.8 Å². The molecule has 1 N–H and O–H groups in total. The molecular formula is C14H25N3OS. The fourth-order valence-corrected chi connectivity index (χ4v) is 2.46. The highest BCUT2D eigenvalue weighted by molar-refractivity contribution is 7.99. The van der Waals surface area contributed by atoms with Crippen LogP contribution in [0.3, 0.4) is 0 Å². The van der Waals surface area contributed by atoms with Gasteiger partial charge in [-0.2, -0.15) is 0 Å². The summed E-state index contributed by atoms with van der Waals surface area (Å²) in [6, 6.07) is 0. The summed E-state index contributed by atoms with van der Waals surface area (Å²) < 4.78 is 5.10. The second-order valence-electron chi connectivity index (χ2n) is 4.78. The van der Waals surface area contributed by atoms with Crippen molar-refractivity contribution in [2.75, 3.05) is 31.3 Å². The molecule has 0 unspecified atom stereocenters. The van der Waals surface area contributed by atoms with Gasteiger partial charge in [0.05, 0.1) is 6.61 Å². The molecule has 0 aliphatic rings. The first-order valence-corrected chi connectivity index (χ1v) is 7.82. The quantitative estimate of drug-likeness (QED) is 0.450. The van der Waals surface area contributed by atoms with Crippen LogP contribution in [-0.4, -0.2) is 36.0 Å². The predicted molar refractivity (Wildman–Crippen MR) is 82.2 cm³/mol. The molecule has 0 radical (unpaired) electrons. The number of nitrogens with zero attached hydrogens (tertiary/aromatic N) is 2. The van der Waals surface area contributed by atoms with E-state index in [0.717, 1.165) is 47.6 Å². The lowest BCUT2D eigenvalue weighted by atomic mass is 10.2. The Kier molecular flexibility index (Phi) is 7.16. The van der Waals surface area contributed by atoms with Crippen molar-refractivity contribution in [2.45, 2.75) is 45.1 Å². The van der Waals surface area contributed by atoms with E-state index in [1.807, 2.05) is 0 Å². The van der Waals surface area contributed by atoms with Gasteiger partial charge < -0.3 is 10.1 Å². The number of hydrogen-bond donors (Lipinski definition) is 1. The molecule has 0 saturated carbocycles. The topological polar surface area (TPSA) is 47.0 Å². The minimum Gasteiger partial charge on any atom is -0.384 e. The standard InChI is InChI=1S/C14H25N3OS/c1-6-7-15-13-11(4)14(19-9-8-18-5)17-12(16-13)10(2)3/h10H,6-9H2,1-5H3,(H,15,16,17). The summed E-state index contributed by atoms with van der Waals surface area (Å²) in [5.74, 6) is 3.13. The predicted octanol–water partition coefficient (Wildman–Crippen LogP) is 3.47. The van der Waals surface area contributed by atoms with Gasteiger partial charge in [0.15, 0.2) is 0 Å². The Morgan fingerprint density at radius 3 is 2.63 bits per heavy atom. The molecule has 108 valence electrons. The van der Waals surface area contributed by atoms with Crippen molar-refractivity contribution in [1.82, 2.24) is 9.97 Å². The van der Waals surface area contributed by atoms with E-state index in [1.165, 1.54) is 0 Å². The Morgan fingerprint density at radius 1 is 1.32 bits per heavy atom. The Labute approximate surface area is 120 Å². The summed E-state index contributed by atoms with van der Waals surface area (Å²) >= 11 is 1.73. The van der Waals surface area contributed by atoms with E-state index in [0.29, 0.717) is 5.92 Å². The fourth-order valence-electron chi connectivity index (χ4n) is 1.55. The zero-order chi connectivity index (χ0) is 14.3. The van der Waals surface area contributed by atoms with Gasteiger partial charge in [0.25, 0.3) is 0 Å². The molecule has 19 heavy (non-hydrogen) atoms. The smallest absolute Gasteiger partial charge is 0.134 e. The van der Waals surface area contributed by atoms with Gasteiger partial charge in [-0.15, -0.1) is 11.8 Å². The maximum Gasteiger partial charge on any atom is 0.134 e. The van der Waals surface area contributed by atoms with Crippen molar-refractivity contribution in [2.24, 2.45) is 0 Å². The van der Waals surface area contributed by atoms with Gasteiger partial charge in [-0.05, 0) is 13.3 Å². The Morgan fingerprint density at radius 2 is 2.05 bits per heavy atom. The first-order chi connectivity index (χ1) is 9.10. The number of hydrogen-bond acceptors (Lipinski definition) is 5. The average Bonchev–Trinajstić information content (AvgIpc) is 2.39. The van der Waals surface area contributed by atoms with Crippen LogP contribution in [0.5, 0.6) is 0 Å². The summed E-state index contributed by atoms with van der Waals surface area (Å²) in [6.45, 7) is 10.2. The van der Waals surface area contributed by atoms with E-state index in [9.17, 15) is 0 Å². The van der Waals surface area contributed by atoms with Crippen LogP contribution in [0.15, 0.2) is 5.03 Å². The third-order valence-corrected chi connectivity index (χ3v) is 3.75. The minimum absolute atomic E-state index is 0.338. The van der Waals surface area contributed by atoms with Crippen LogP contribution in [0.25, 0.3) is 0 Å². The van der Waals surface area contributed by atoms with Crippen LogP contribution in [0.2, 0.25) is 0 Å². The van der Waals surface area contributed by atoms with Crippen LogP contribution in [-0.2, 0) is 4.74 Å². The molecule has 0 spiro atoms. The maximum absolute atomic E-state index is 5.10. The molecule has 0 saturated heterocycles. The molecule has 5 heteroatoms. The monoisotopic (exact) mass is 283 g/mol. The number of methoxy groups -OCH3 is 1. The maximum atomic E-state index is 5.10. The highest BCUT2D eigenvalue weighted by Gasteiger charge is 2.13. The fraction of sp³-hybridized carbons (Fsp3) is 0.714. The second kappa shape index (κ2) is 8.38. The average molecular weight is 283 g/mol. The molecule has 0 atom stereocenters. The lowest BCUT2D eigenvalue weighted by molar-refractivity contribution is 0.218. The van der Waals surface area contributed by atoms with E-state index >= 15 is 0 Å². The van der Waals surface area contributed by atoms with Crippen LogP contribution in [0.1, 0.15) is 44.5 Å². The van der Waals surface area contributed by atoms with Gasteiger partial charge in [-0.25, -0.2) is 9.97 Å². The molecule has 0 aliphatic carbocycles. The van der Waals surface area contributed by atoms with Crippen molar-refractivity contribution in [1.29, 1.82) is 0 Å². The zero-order valence-electron chi connectivity index (χ0n) is 12.6. The molecular weight excluding hydrogens is 258 g/mol. The Bertz CT molecular complexity index is 397. The molecule has 4 nitrogen and oxygen atoms in total. The molecule has 0 fully saturated rings. The van der Waals surface area contributed by atoms with Crippen LogP contribution in [0, 0.1) is 6.92 Å². The number of anilines is 1. The van der Waals surface area contributed by atoms with Crippen molar-refractivity contribution >= 4 is 17.6 Å². The van der Waals surface area contributed by atoms with E-state index in [1.54, 1.807) is 18.9 Å². The number of aromatic nitrogens is 2. The summed E-state index contributed by atoms with van der Waals surface area (Å²) in [6.07, 6.45) is 1.09. The molecule has 0 aromatic carbocycles. The molecule has 1 rings (SSSR count). The molecule has 1 aromatic heterocycles. The number of nitrogens with one attached hydrogen (secondary N) is 1. The van der Waals surface area contributed by atoms with Gasteiger partial charge in [-0.3, -0.25) is 0 Å².